The summed E-state index contributed by atoms with van der Waals surface area (Å²) in [4.78, 5) is 4.53. The second-order valence-electron chi connectivity index (χ2n) is 5.03. The number of guanidine groups is 1. The molecule has 0 aliphatic rings. The Morgan fingerprint density at radius 2 is 2.04 bits per heavy atom. The van der Waals surface area contributed by atoms with Gasteiger partial charge in [0, 0.05) is 26.3 Å². The number of unbranched alkanes of at least 4 members (excludes halogenated alkanes) is 1. The van der Waals surface area contributed by atoms with Crippen molar-refractivity contribution < 1.29 is 14.6 Å². The maximum absolute atomic E-state index is 9.79. The third kappa shape index (κ3) is 7.74. The van der Waals surface area contributed by atoms with Crippen LogP contribution in [0.1, 0.15) is 32.3 Å². The molecule has 0 fully saturated rings. The second kappa shape index (κ2) is 11.6. The number of rotatable bonds is 10. The molecule has 1 aromatic rings. The largest absolute Gasteiger partial charge is 0.504 e. The van der Waals surface area contributed by atoms with Crippen LogP contribution in [0.5, 0.6) is 11.5 Å². The van der Waals surface area contributed by atoms with Crippen LogP contribution >= 0.6 is 0 Å². The van der Waals surface area contributed by atoms with Gasteiger partial charge in [0.15, 0.2) is 17.5 Å². The van der Waals surface area contributed by atoms with Gasteiger partial charge in [0.1, 0.15) is 0 Å². The van der Waals surface area contributed by atoms with Crippen LogP contribution in [0.15, 0.2) is 23.2 Å². The van der Waals surface area contributed by atoms with Gasteiger partial charge in [-0.2, -0.15) is 0 Å². The summed E-state index contributed by atoms with van der Waals surface area (Å²) >= 11 is 0. The summed E-state index contributed by atoms with van der Waals surface area (Å²) in [7, 11) is 1.53. The summed E-state index contributed by atoms with van der Waals surface area (Å²) in [5.41, 5.74) is 0.928. The van der Waals surface area contributed by atoms with Crippen LogP contribution in [0.2, 0.25) is 0 Å². The first kappa shape index (κ1) is 19.1. The minimum Gasteiger partial charge on any atom is -0.504 e. The molecule has 1 rings (SSSR count). The van der Waals surface area contributed by atoms with E-state index in [4.69, 9.17) is 9.47 Å². The fourth-order valence-electron chi connectivity index (χ4n) is 2.03. The molecule has 130 valence electrons. The summed E-state index contributed by atoms with van der Waals surface area (Å²) in [6, 6.07) is 5.32. The van der Waals surface area contributed by atoms with Gasteiger partial charge in [0.25, 0.3) is 0 Å². The van der Waals surface area contributed by atoms with Crippen molar-refractivity contribution in [3.05, 3.63) is 23.8 Å². The predicted octanol–water partition coefficient (Wildman–Crippen LogP) is 2.27. The molecular formula is C17H29N3O3. The van der Waals surface area contributed by atoms with Gasteiger partial charge in [-0.3, -0.25) is 0 Å². The lowest BCUT2D eigenvalue weighted by atomic mass is 10.2. The van der Waals surface area contributed by atoms with Gasteiger partial charge in [-0.15, -0.1) is 0 Å². The maximum atomic E-state index is 9.79. The van der Waals surface area contributed by atoms with Gasteiger partial charge < -0.3 is 25.2 Å². The predicted molar refractivity (Wildman–Crippen MR) is 93.2 cm³/mol. The summed E-state index contributed by atoms with van der Waals surface area (Å²) in [5.74, 6) is 1.38. The highest BCUT2D eigenvalue weighted by Gasteiger charge is 2.03. The number of nitrogens with one attached hydrogen (secondary N) is 2. The van der Waals surface area contributed by atoms with Crippen molar-refractivity contribution in [2.45, 2.75) is 33.2 Å². The molecule has 0 aliphatic heterocycles. The standard InChI is InChI=1S/C17H29N3O3/c1-4-18-17(19-10-6-7-11-23-5-2)20-13-14-8-9-16(22-3)15(21)12-14/h8-9,12,21H,4-7,10-11,13H2,1-3H3,(H2,18,19,20). The van der Waals surface area contributed by atoms with Gasteiger partial charge in [0.2, 0.25) is 0 Å². The number of phenols is 1. The van der Waals surface area contributed by atoms with E-state index in [-0.39, 0.29) is 5.75 Å². The topological polar surface area (TPSA) is 75.1 Å². The lowest BCUT2D eigenvalue weighted by molar-refractivity contribution is 0.143. The van der Waals surface area contributed by atoms with Gasteiger partial charge >= 0.3 is 0 Å². The van der Waals surface area contributed by atoms with Crippen LogP contribution in [0.4, 0.5) is 0 Å². The highest BCUT2D eigenvalue weighted by Crippen LogP contribution is 2.26. The van der Waals surface area contributed by atoms with Crippen molar-refractivity contribution >= 4 is 5.96 Å². The normalized spacial score (nSPS) is 11.3. The highest BCUT2D eigenvalue weighted by atomic mass is 16.5. The monoisotopic (exact) mass is 323 g/mol. The zero-order chi connectivity index (χ0) is 16.9. The fraction of sp³-hybridized carbons (Fsp3) is 0.588. The lowest BCUT2D eigenvalue weighted by Gasteiger charge is -2.11. The van der Waals surface area contributed by atoms with E-state index in [1.807, 2.05) is 19.9 Å². The molecule has 0 unspecified atom stereocenters. The van der Waals surface area contributed by atoms with Gasteiger partial charge in [-0.25, -0.2) is 4.99 Å². The Kier molecular flexibility index (Phi) is 9.63. The molecule has 6 nitrogen and oxygen atoms in total. The molecule has 0 bridgehead atoms. The van der Waals surface area contributed by atoms with Gasteiger partial charge in [0.05, 0.1) is 13.7 Å². The maximum Gasteiger partial charge on any atom is 0.191 e. The lowest BCUT2D eigenvalue weighted by Crippen LogP contribution is -2.37. The Morgan fingerprint density at radius 1 is 1.22 bits per heavy atom. The van der Waals surface area contributed by atoms with E-state index in [2.05, 4.69) is 15.6 Å². The van der Waals surface area contributed by atoms with Crippen LogP contribution in [-0.2, 0) is 11.3 Å². The molecule has 0 aliphatic carbocycles. The van der Waals surface area contributed by atoms with Crippen molar-refractivity contribution in [2.75, 3.05) is 33.4 Å². The van der Waals surface area contributed by atoms with Gasteiger partial charge in [-0.05, 0) is 44.4 Å². The first-order chi connectivity index (χ1) is 11.2. The molecule has 0 aromatic heterocycles. The molecule has 0 radical (unpaired) electrons. The number of phenolic OH excluding ortho intramolecular Hbond substituents is 1. The van der Waals surface area contributed by atoms with E-state index in [1.165, 1.54) is 7.11 Å². The quantitative estimate of drug-likeness (QED) is 0.350. The second-order valence-corrected chi connectivity index (χ2v) is 5.03. The minimum atomic E-state index is 0.133. The van der Waals surface area contributed by atoms with E-state index in [1.54, 1.807) is 12.1 Å². The van der Waals surface area contributed by atoms with Crippen LogP contribution in [0.25, 0.3) is 0 Å². The Morgan fingerprint density at radius 3 is 2.70 bits per heavy atom. The third-order valence-corrected chi connectivity index (χ3v) is 3.22. The summed E-state index contributed by atoms with van der Waals surface area (Å²) < 4.78 is 10.4. The molecule has 0 heterocycles. The number of aliphatic imine (C=N–C) groups is 1. The van der Waals surface area contributed by atoms with Crippen LogP contribution in [0.3, 0.4) is 0 Å². The van der Waals surface area contributed by atoms with Crippen molar-refractivity contribution in [1.82, 2.24) is 10.6 Å². The molecule has 3 N–H and O–H groups in total. The fourth-order valence-corrected chi connectivity index (χ4v) is 2.03. The molecule has 0 spiro atoms. The first-order valence-electron chi connectivity index (χ1n) is 8.17. The van der Waals surface area contributed by atoms with Crippen LogP contribution in [-0.4, -0.2) is 44.5 Å². The Labute approximate surface area is 138 Å². The van der Waals surface area contributed by atoms with Gasteiger partial charge in [-0.1, -0.05) is 6.07 Å². The molecule has 23 heavy (non-hydrogen) atoms. The molecule has 0 amide bonds. The van der Waals surface area contributed by atoms with E-state index < -0.39 is 0 Å². The molecule has 6 heteroatoms. The number of benzene rings is 1. The summed E-state index contributed by atoms with van der Waals surface area (Å²) in [6.07, 6.45) is 2.07. The highest BCUT2D eigenvalue weighted by molar-refractivity contribution is 5.79. The Hall–Kier alpha value is -1.95. The van der Waals surface area contributed by atoms with Crippen molar-refractivity contribution in [2.24, 2.45) is 4.99 Å². The van der Waals surface area contributed by atoms with Crippen molar-refractivity contribution in [1.29, 1.82) is 0 Å². The number of nitrogens with zero attached hydrogens (tertiary/aromatic N) is 1. The Balaban J connectivity index is 2.46. The summed E-state index contributed by atoms with van der Waals surface area (Å²) in [6.45, 7) is 7.76. The van der Waals surface area contributed by atoms with Crippen molar-refractivity contribution in [3.8, 4) is 11.5 Å². The first-order valence-corrected chi connectivity index (χ1v) is 8.17. The number of aromatic hydroxyl groups is 1. The minimum absolute atomic E-state index is 0.133. The third-order valence-electron chi connectivity index (χ3n) is 3.22. The number of hydrogen-bond acceptors (Lipinski definition) is 4. The van der Waals surface area contributed by atoms with E-state index in [9.17, 15) is 5.11 Å². The molecule has 0 atom stereocenters. The number of hydrogen-bond donors (Lipinski definition) is 3. The van der Waals surface area contributed by atoms with Crippen LogP contribution in [0, 0.1) is 0 Å². The molecule has 1 aromatic carbocycles. The Bertz CT molecular complexity index is 478. The zero-order valence-corrected chi connectivity index (χ0v) is 14.4. The number of ether oxygens (including phenoxy) is 2. The zero-order valence-electron chi connectivity index (χ0n) is 14.4. The van der Waals surface area contributed by atoms with E-state index >= 15 is 0 Å². The average Bonchev–Trinajstić information content (AvgIpc) is 2.55. The summed E-state index contributed by atoms with van der Waals surface area (Å²) in [5, 5.41) is 16.3. The van der Waals surface area contributed by atoms with E-state index in [0.29, 0.717) is 12.3 Å². The molecule has 0 saturated carbocycles. The average molecular weight is 323 g/mol. The smallest absolute Gasteiger partial charge is 0.191 e. The SMILES string of the molecule is CCNC(=NCc1ccc(OC)c(O)c1)NCCCCOCC. The van der Waals surface area contributed by atoms with Crippen LogP contribution < -0.4 is 15.4 Å². The van der Waals surface area contributed by atoms with E-state index in [0.717, 1.165) is 50.7 Å². The number of methoxy groups -OCH3 is 1. The van der Waals surface area contributed by atoms with Crippen molar-refractivity contribution in [3.63, 3.8) is 0 Å². The molecular weight excluding hydrogens is 294 g/mol. The molecule has 0 saturated heterocycles.